The lowest BCUT2D eigenvalue weighted by Gasteiger charge is -2.40. The minimum absolute atomic E-state index is 0.0963. The summed E-state index contributed by atoms with van der Waals surface area (Å²) in [6.07, 6.45) is -0.221. The number of nitrogens with one attached hydrogen (secondary N) is 1. The number of fused-ring (bicyclic) bond motifs is 1. The maximum absolute atomic E-state index is 12.8. The standard InChI is InChI=1S/C25H27IN2O7/c1-15(30)28(13-16-6-7-21-22(10-16)34-14-33-21)19-11-17(25(32)27-8-9-29)12-23(24(19)31)35-20-5-3-2-4-18(20)26/h2-7,10,12,19,23-24,29,31H,8-9,11,13-14H2,1H3,(H,27,32)/t19-,23+,24+/m1/s1. The van der Waals surface area contributed by atoms with Gasteiger partial charge in [-0.3, -0.25) is 9.59 Å². The molecule has 0 radical (unpaired) electrons. The van der Waals surface area contributed by atoms with Crippen molar-refractivity contribution >= 4 is 34.4 Å². The lowest BCUT2D eigenvalue weighted by molar-refractivity contribution is -0.137. The number of ether oxygens (including phenoxy) is 3. The first-order valence-electron chi connectivity index (χ1n) is 11.2. The van der Waals surface area contributed by atoms with Crippen molar-refractivity contribution in [3.05, 3.63) is 63.2 Å². The second kappa shape index (κ2) is 11.3. The number of rotatable bonds is 8. The Kier molecular flexibility index (Phi) is 8.14. The largest absolute Gasteiger partial charge is 0.482 e. The highest BCUT2D eigenvalue weighted by molar-refractivity contribution is 14.1. The van der Waals surface area contributed by atoms with E-state index in [0.717, 1.165) is 9.13 Å². The molecule has 1 aliphatic carbocycles. The number of hydrogen-bond acceptors (Lipinski definition) is 7. The molecule has 0 saturated carbocycles. The summed E-state index contributed by atoms with van der Waals surface area (Å²) < 4.78 is 17.8. The fraction of sp³-hybridized carbons (Fsp3) is 0.360. The summed E-state index contributed by atoms with van der Waals surface area (Å²) in [6, 6.07) is 12.1. The van der Waals surface area contributed by atoms with Crippen LogP contribution in [0.15, 0.2) is 54.1 Å². The van der Waals surface area contributed by atoms with E-state index in [2.05, 4.69) is 27.9 Å². The number of aliphatic hydroxyl groups is 2. The Balaban J connectivity index is 1.62. The van der Waals surface area contributed by atoms with Gasteiger partial charge in [-0.25, -0.2) is 0 Å². The van der Waals surface area contributed by atoms with Crippen molar-refractivity contribution in [2.45, 2.75) is 38.1 Å². The fourth-order valence-electron chi connectivity index (χ4n) is 4.16. The number of carbonyl (C=O) groups excluding carboxylic acids is 2. The van der Waals surface area contributed by atoms with Crippen molar-refractivity contribution in [1.29, 1.82) is 0 Å². The van der Waals surface area contributed by atoms with E-state index in [0.29, 0.717) is 22.8 Å². The molecule has 1 heterocycles. The molecule has 1 aliphatic heterocycles. The topological polar surface area (TPSA) is 118 Å². The number of benzene rings is 2. The number of para-hydroxylation sites is 1. The lowest BCUT2D eigenvalue weighted by Crippen LogP contribution is -2.54. The number of aliphatic hydroxyl groups excluding tert-OH is 2. The molecule has 2 aromatic rings. The minimum Gasteiger partial charge on any atom is -0.482 e. The smallest absolute Gasteiger partial charge is 0.247 e. The van der Waals surface area contributed by atoms with Crippen molar-refractivity contribution in [2.24, 2.45) is 0 Å². The van der Waals surface area contributed by atoms with Gasteiger partial charge in [0.15, 0.2) is 11.5 Å². The van der Waals surface area contributed by atoms with Gasteiger partial charge in [0.2, 0.25) is 18.6 Å². The molecule has 2 amide bonds. The van der Waals surface area contributed by atoms with Gasteiger partial charge in [0.25, 0.3) is 0 Å². The van der Waals surface area contributed by atoms with E-state index in [1.807, 2.05) is 24.3 Å². The minimum atomic E-state index is -1.08. The highest BCUT2D eigenvalue weighted by Gasteiger charge is 2.40. The van der Waals surface area contributed by atoms with Crippen LogP contribution < -0.4 is 19.5 Å². The molecule has 35 heavy (non-hydrogen) atoms. The van der Waals surface area contributed by atoms with Gasteiger partial charge in [-0.2, -0.15) is 0 Å². The van der Waals surface area contributed by atoms with Crippen molar-refractivity contribution in [3.63, 3.8) is 0 Å². The number of amides is 2. The SMILES string of the molecule is CC(=O)N(Cc1ccc2c(c1)OCO2)[C@@H]1CC(C(=O)NCCO)=C[C@H](Oc2ccccc2I)[C@H]1O. The molecule has 0 bridgehead atoms. The Morgan fingerprint density at radius 3 is 2.71 bits per heavy atom. The molecular formula is C25H27IN2O7. The average Bonchev–Trinajstić information content (AvgIpc) is 3.31. The monoisotopic (exact) mass is 594 g/mol. The zero-order chi connectivity index (χ0) is 24.9. The average molecular weight is 594 g/mol. The molecule has 2 aliphatic rings. The zero-order valence-corrected chi connectivity index (χ0v) is 21.3. The van der Waals surface area contributed by atoms with Gasteiger partial charge < -0.3 is 34.6 Å². The first-order chi connectivity index (χ1) is 16.9. The molecule has 186 valence electrons. The first kappa shape index (κ1) is 25.3. The maximum Gasteiger partial charge on any atom is 0.247 e. The third-order valence-corrected chi connectivity index (χ3v) is 6.80. The van der Waals surface area contributed by atoms with Gasteiger partial charge in [-0.05, 0) is 58.5 Å². The van der Waals surface area contributed by atoms with E-state index in [9.17, 15) is 14.7 Å². The Labute approximate surface area is 216 Å². The molecule has 0 spiro atoms. The molecule has 0 saturated heterocycles. The fourth-order valence-corrected chi connectivity index (χ4v) is 4.68. The van der Waals surface area contributed by atoms with Gasteiger partial charge in [-0.15, -0.1) is 0 Å². The van der Waals surface area contributed by atoms with Crippen LogP contribution in [0.1, 0.15) is 18.9 Å². The Bertz CT molecular complexity index is 1120. The second-order valence-electron chi connectivity index (χ2n) is 8.28. The summed E-state index contributed by atoms with van der Waals surface area (Å²) in [5.41, 5.74) is 1.18. The van der Waals surface area contributed by atoms with E-state index in [4.69, 9.17) is 19.3 Å². The maximum atomic E-state index is 12.8. The summed E-state index contributed by atoms with van der Waals surface area (Å²) in [7, 11) is 0. The van der Waals surface area contributed by atoms with Gasteiger partial charge >= 0.3 is 0 Å². The normalized spacial score (nSPS) is 20.7. The molecule has 0 fully saturated rings. The van der Waals surface area contributed by atoms with Crippen LogP contribution in [0, 0.1) is 3.57 Å². The summed E-state index contributed by atoms with van der Waals surface area (Å²) in [6.45, 7) is 1.68. The van der Waals surface area contributed by atoms with Crippen molar-refractivity contribution < 1.29 is 34.0 Å². The van der Waals surface area contributed by atoms with Crippen LogP contribution in [0.2, 0.25) is 0 Å². The number of halogens is 1. The third-order valence-electron chi connectivity index (χ3n) is 5.91. The first-order valence-corrected chi connectivity index (χ1v) is 12.3. The van der Waals surface area contributed by atoms with Crippen LogP contribution >= 0.6 is 22.6 Å². The number of nitrogens with zero attached hydrogens (tertiary/aromatic N) is 1. The van der Waals surface area contributed by atoms with E-state index in [1.54, 1.807) is 29.2 Å². The van der Waals surface area contributed by atoms with Gasteiger partial charge in [-0.1, -0.05) is 18.2 Å². The Morgan fingerprint density at radius 1 is 1.20 bits per heavy atom. The number of carbonyl (C=O) groups is 2. The van der Waals surface area contributed by atoms with Crippen LogP contribution in [0.4, 0.5) is 0 Å². The van der Waals surface area contributed by atoms with Crippen LogP contribution in [-0.2, 0) is 16.1 Å². The van der Waals surface area contributed by atoms with Gasteiger partial charge in [0, 0.05) is 32.0 Å². The molecule has 0 unspecified atom stereocenters. The number of hydrogen-bond donors (Lipinski definition) is 3. The van der Waals surface area contributed by atoms with Crippen LogP contribution in [0.5, 0.6) is 17.2 Å². The summed E-state index contributed by atoms with van der Waals surface area (Å²) in [5.74, 6) is 1.17. The quantitative estimate of drug-likeness (QED) is 0.401. The van der Waals surface area contributed by atoms with Crippen molar-refractivity contribution in [2.75, 3.05) is 19.9 Å². The zero-order valence-electron chi connectivity index (χ0n) is 19.1. The summed E-state index contributed by atoms with van der Waals surface area (Å²) >= 11 is 2.14. The molecule has 2 aromatic carbocycles. The molecular weight excluding hydrogens is 567 g/mol. The van der Waals surface area contributed by atoms with E-state index >= 15 is 0 Å². The predicted molar refractivity (Wildman–Crippen MR) is 135 cm³/mol. The molecule has 0 aromatic heterocycles. The molecule has 3 atom stereocenters. The third kappa shape index (κ3) is 5.88. The highest BCUT2D eigenvalue weighted by Crippen LogP contribution is 2.34. The molecule has 4 rings (SSSR count). The van der Waals surface area contributed by atoms with E-state index in [-0.39, 0.29) is 44.7 Å². The summed E-state index contributed by atoms with van der Waals surface area (Å²) in [5, 5.41) is 23.1. The van der Waals surface area contributed by atoms with Crippen LogP contribution in [-0.4, -0.2) is 65.1 Å². The molecule has 10 heteroatoms. The summed E-state index contributed by atoms with van der Waals surface area (Å²) in [4.78, 5) is 27.1. The Hall–Kier alpha value is -2.83. The van der Waals surface area contributed by atoms with E-state index in [1.165, 1.54) is 6.92 Å². The van der Waals surface area contributed by atoms with E-state index < -0.39 is 18.2 Å². The molecule has 9 nitrogen and oxygen atoms in total. The lowest BCUT2D eigenvalue weighted by atomic mass is 9.88. The Morgan fingerprint density at radius 2 is 1.97 bits per heavy atom. The highest BCUT2D eigenvalue weighted by atomic mass is 127. The van der Waals surface area contributed by atoms with Crippen molar-refractivity contribution in [1.82, 2.24) is 10.2 Å². The van der Waals surface area contributed by atoms with Crippen LogP contribution in [0.3, 0.4) is 0 Å². The second-order valence-corrected chi connectivity index (χ2v) is 9.44. The van der Waals surface area contributed by atoms with Gasteiger partial charge in [0.1, 0.15) is 18.0 Å². The van der Waals surface area contributed by atoms with Crippen molar-refractivity contribution in [3.8, 4) is 17.2 Å². The molecule has 3 N–H and O–H groups in total. The van der Waals surface area contributed by atoms with Gasteiger partial charge in [0.05, 0.1) is 16.2 Å². The van der Waals surface area contributed by atoms with Crippen LogP contribution in [0.25, 0.3) is 0 Å². The predicted octanol–water partition coefficient (Wildman–Crippen LogP) is 1.98.